The van der Waals surface area contributed by atoms with Crippen molar-refractivity contribution >= 4 is 0 Å². The van der Waals surface area contributed by atoms with Gasteiger partial charge in [-0.15, -0.1) is 0 Å². The third kappa shape index (κ3) is 2.59. The van der Waals surface area contributed by atoms with Gasteiger partial charge in [0.05, 0.1) is 18.8 Å². The van der Waals surface area contributed by atoms with Crippen molar-refractivity contribution in [2.45, 2.75) is 39.3 Å². The maximum Gasteiger partial charge on any atom is 0.267 e. The lowest BCUT2D eigenvalue weighted by Gasteiger charge is -2.20. The van der Waals surface area contributed by atoms with Crippen LogP contribution in [0.1, 0.15) is 24.6 Å². The maximum absolute atomic E-state index is 12.0. The molecule has 0 saturated heterocycles. The number of aromatic nitrogens is 4. The molecule has 2 aromatic rings. The molecule has 19 heavy (non-hydrogen) atoms. The van der Waals surface area contributed by atoms with Crippen LogP contribution in [0.3, 0.4) is 0 Å². The summed E-state index contributed by atoms with van der Waals surface area (Å²) in [7, 11) is 0. The Morgan fingerprint density at radius 3 is 3.11 bits per heavy atom. The lowest BCUT2D eigenvalue weighted by atomic mass is 9.88. The van der Waals surface area contributed by atoms with Gasteiger partial charge in [0.15, 0.2) is 0 Å². The Bertz CT molecular complexity index is 615. The number of hydrogen-bond acceptors (Lipinski definition) is 3. The second-order valence-electron chi connectivity index (χ2n) is 5.29. The smallest absolute Gasteiger partial charge is 0.267 e. The molecule has 1 aliphatic carbocycles. The van der Waals surface area contributed by atoms with Crippen LogP contribution in [-0.4, -0.2) is 19.6 Å². The highest BCUT2D eigenvalue weighted by Crippen LogP contribution is 2.22. The Morgan fingerprint density at radius 1 is 1.42 bits per heavy atom. The quantitative estimate of drug-likeness (QED) is 0.833. The minimum atomic E-state index is 0.00000567. The first-order valence-electron chi connectivity index (χ1n) is 6.80. The van der Waals surface area contributed by atoms with Crippen molar-refractivity contribution in [3.05, 3.63) is 46.1 Å². The molecular formula is C14H18N4O. The molecule has 1 atom stereocenters. The molecule has 0 aromatic carbocycles. The van der Waals surface area contributed by atoms with Gasteiger partial charge in [-0.2, -0.15) is 10.2 Å². The summed E-state index contributed by atoms with van der Waals surface area (Å²) in [5.41, 5.74) is 2.23. The van der Waals surface area contributed by atoms with Gasteiger partial charge in [-0.25, -0.2) is 4.68 Å². The first-order chi connectivity index (χ1) is 9.22. The molecule has 2 heterocycles. The average Bonchev–Trinajstić information content (AvgIpc) is 2.89. The Balaban J connectivity index is 1.80. The zero-order chi connectivity index (χ0) is 13.2. The van der Waals surface area contributed by atoms with E-state index in [1.54, 1.807) is 16.9 Å². The predicted octanol–water partition coefficient (Wildman–Crippen LogP) is 1.26. The van der Waals surface area contributed by atoms with Crippen LogP contribution >= 0.6 is 0 Å². The van der Waals surface area contributed by atoms with Gasteiger partial charge >= 0.3 is 0 Å². The molecule has 1 aliphatic rings. The lowest BCUT2D eigenvalue weighted by Crippen LogP contribution is -2.29. The number of aryl methyl sites for hydroxylation is 3. The van der Waals surface area contributed by atoms with E-state index in [1.807, 2.05) is 16.9 Å². The molecule has 5 heteroatoms. The van der Waals surface area contributed by atoms with Crippen molar-refractivity contribution in [1.29, 1.82) is 0 Å². The van der Waals surface area contributed by atoms with E-state index < -0.39 is 0 Å². The van der Waals surface area contributed by atoms with Gasteiger partial charge in [0.2, 0.25) is 0 Å². The van der Waals surface area contributed by atoms with Gasteiger partial charge in [0.1, 0.15) is 0 Å². The van der Waals surface area contributed by atoms with Crippen LogP contribution in [0.2, 0.25) is 0 Å². The fraction of sp³-hybridized carbons (Fsp3) is 0.500. The standard InChI is InChI=1S/C14H18N4O/c1-11-3-4-13-12(9-11)10-14(19)18(16-13)8-7-17-6-2-5-15-17/h2,5-6,10-11H,3-4,7-9H2,1H3. The Labute approximate surface area is 111 Å². The van der Waals surface area contributed by atoms with Crippen molar-refractivity contribution in [3.8, 4) is 0 Å². The molecule has 1 unspecified atom stereocenters. The highest BCUT2D eigenvalue weighted by Gasteiger charge is 2.17. The molecule has 0 radical (unpaired) electrons. The lowest BCUT2D eigenvalue weighted by molar-refractivity contribution is 0.446. The van der Waals surface area contributed by atoms with E-state index in [0.29, 0.717) is 19.0 Å². The van der Waals surface area contributed by atoms with E-state index >= 15 is 0 Å². The summed E-state index contributed by atoms with van der Waals surface area (Å²) in [6.45, 7) is 3.48. The Hall–Kier alpha value is -1.91. The van der Waals surface area contributed by atoms with E-state index in [2.05, 4.69) is 17.1 Å². The number of hydrogen-bond donors (Lipinski definition) is 0. The molecule has 0 fully saturated rings. The topological polar surface area (TPSA) is 52.7 Å². The highest BCUT2D eigenvalue weighted by atomic mass is 16.1. The Kier molecular flexibility index (Phi) is 3.19. The molecule has 2 aromatic heterocycles. The third-order valence-corrected chi connectivity index (χ3v) is 3.71. The first-order valence-corrected chi connectivity index (χ1v) is 6.80. The van der Waals surface area contributed by atoms with Crippen molar-refractivity contribution in [2.75, 3.05) is 0 Å². The zero-order valence-corrected chi connectivity index (χ0v) is 11.1. The zero-order valence-electron chi connectivity index (χ0n) is 11.1. The van der Waals surface area contributed by atoms with E-state index in [-0.39, 0.29) is 5.56 Å². The summed E-state index contributed by atoms with van der Waals surface area (Å²) >= 11 is 0. The molecule has 0 saturated carbocycles. The summed E-state index contributed by atoms with van der Waals surface area (Å²) in [4.78, 5) is 12.0. The monoisotopic (exact) mass is 258 g/mol. The van der Waals surface area contributed by atoms with Gasteiger partial charge in [-0.05, 0) is 36.8 Å². The number of rotatable bonds is 3. The van der Waals surface area contributed by atoms with E-state index in [1.165, 1.54) is 0 Å². The van der Waals surface area contributed by atoms with Crippen molar-refractivity contribution < 1.29 is 0 Å². The molecule has 0 aliphatic heterocycles. The third-order valence-electron chi connectivity index (χ3n) is 3.71. The summed E-state index contributed by atoms with van der Waals surface area (Å²) in [6.07, 6.45) is 6.77. The molecule has 0 amide bonds. The van der Waals surface area contributed by atoms with Crippen LogP contribution in [0.4, 0.5) is 0 Å². The van der Waals surface area contributed by atoms with Gasteiger partial charge in [-0.3, -0.25) is 9.48 Å². The maximum atomic E-state index is 12.0. The van der Waals surface area contributed by atoms with Crippen molar-refractivity contribution in [1.82, 2.24) is 19.6 Å². The highest BCUT2D eigenvalue weighted by molar-refractivity contribution is 5.21. The fourth-order valence-electron chi connectivity index (χ4n) is 2.60. The van der Waals surface area contributed by atoms with Crippen LogP contribution in [0.25, 0.3) is 0 Å². The van der Waals surface area contributed by atoms with Crippen LogP contribution in [-0.2, 0) is 25.9 Å². The second-order valence-corrected chi connectivity index (χ2v) is 5.29. The summed E-state index contributed by atoms with van der Waals surface area (Å²) < 4.78 is 3.38. The summed E-state index contributed by atoms with van der Waals surface area (Å²) in [5.74, 6) is 0.661. The van der Waals surface area contributed by atoms with Crippen molar-refractivity contribution in [3.63, 3.8) is 0 Å². The van der Waals surface area contributed by atoms with E-state index in [9.17, 15) is 4.79 Å². The SMILES string of the molecule is CC1CCc2nn(CCn3cccn3)c(=O)cc2C1. The minimum Gasteiger partial charge on any atom is -0.271 e. The molecule has 100 valence electrons. The molecule has 0 spiro atoms. The van der Waals surface area contributed by atoms with Gasteiger partial charge in [0.25, 0.3) is 5.56 Å². The number of nitrogens with zero attached hydrogens (tertiary/aromatic N) is 4. The molecular weight excluding hydrogens is 240 g/mol. The summed E-state index contributed by atoms with van der Waals surface area (Å²) in [5, 5.41) is 8.64. The molecule has 5 nitrogen and oxygen atoms in total. The molecule has 0 N–H and O–H groups in total. The van der Waals surface area contributed by atoms with Gasteiger partial charge in [-0.1, -0.05) is 6.92 Å². The van der Waals surface area contributed by atoms with Gasteiger partial charge in [0, 0.05) is 18.5 Å². The molecule has 0 bridgehead atoms. The van der Waals surface area contributed by atoms with Gasteiger partial charge < -0.3 is 0 Å². The Morgan fingerprint density at radius 2 is 2.32 bits per heavy atom. The second kappa shape index (κ2) is 4.99. The summed E-state index contributed by atoms with van der Waals surface area (Å²) in [6, 6.07) is 3.64. The largest absolute Gasteiger partial charge is 0.271 e. The minimum absolute atomic E-state index is 0.00000567. The fourth-order valence-corrected chi connectivity index (χ4v) is 2.60. The van der Waals surface area contributed by atoms with Crippen LogP contribution in [0.5, 0.6) is 0 Å². The van der Waals surface area contributed by atoms with Crippen molar-refractivity contribution in [2.24, 2.45) is 5.92 Å². The predicted molar refractivity (Wildman–Crippen MR) is 71.9 cm³/mol. The average molecular weight is 258 g/mol. The van der Waals surface area contributed by atoms with Crippen LogP contribution in [0.15, 0.2) is 29.3 Å². The van der Waals surface area contributed by atoms with Crippen LogP contribution < -0.4 is 5.56 Å². The normalized spacial score (nSPS) is 18.3. The number of fused-ring (bicyclic) bond motifs is 1. The van der Waals surface area contributed by atoms with Crippen LogP contribution in [0, 0.1) is 5.92 Å². The first kappa shape index (κ1) is 12.1. The molecule has 3 rings (SSSR count). The van der Waals surface area contributed by atoms with E-state index in [4.69, 9.17) is 0 Å². The van der Waals surface area contributed by atoms with E-state index in [0.717, 1.165) is 30.5 Å².